The number of hydrogen-bond acceptors (Lipinski definition) is 5. The second-order valence-electron chi connectivity index (χ2n) is 12.0. The summed E-state index contributed by atoms with van der Waals surface area (Å²) in [6, 6.07) is 45.0. The zero-order chi connectivity index (χ0) is 30.9. The van der Waals surface area contributed by atoms with Gasteiger partial charge in [-0.05, 0) is 99.4 Å². The van der Waals surface area contributed by atoms with Gasteiger partial charge in [0, 0.05) is 29.5 Å². The summed E-state index contributed by atoms with van der Waals surface area (Å²) >= 11 is 0. The summed E-state index contributed by atoms with van der Waals surface area (Å²) in [4.78, 5) is 6.97. The number of aromatic nitrogens is 1. The Morgan fingerprint density at radius 1 is 0.617 bits per heavy atom. The van der Waals surface area contributed by atoms with Gasteiger partial charge in [0.25, 0.3) is 0 Å². The van der Waals surface area contributed by atoms with Crippen molar-refractivity contribution < 1.29 is 8.83 Å². The average molecular weight is 606 g/mol. The van der Waals surface area contributed by atoms with Crippen LogP contribution in [-0.2, 0) is 0 Å². The van der Waals surface area contributed by atoms with E-state index < -0.39 is 0 Å². The van der Waals surface area contributed by atoms with Crippen molar-refractivity contribution in [2.75, 3.05) is 16.8 Å². The molecule has 0 saturated heterocycles. The molecule has 0 amide bonds. The second kappa shape index (κ2) is 10.1. The Labute approximate surface area is 270 Å². The van der Waals surface area contributed by atoms with Crippen molar-refractivity contribution in [3.63, 3.8) is 0 Å². The highest BCUT2D eigenvalue weighted by Crippen LogP contribution is 2.46. The first kappa shape index (κ1) is 25.9. The Bertz CT molecular complexity index is 2700. The number of rotatable bonds is 4. The Hall–Kier alpha value is -6.33. The molecule has 6 aromatic carbocycles. The van der Waals surface area contributed by atoms with Gasteiger partial charge in [-0.2, -0.15) is 0 Å². The SMILES string of the molecule is C1=Cc2oc3cccc(N(c4ccc(-c5cc6ccccc6c6ccccc56)cc4)c4ccc5oc6cccnc6c5c4)c3c2NC1. The fourth-order valence-corrected chi connectivity index (χ4v) is 7.19. The van der Waals surface area contributed by atoms with Gasteiger partial charge >= 0.3 is 0 Å². The molecule has 0 unspecified atom stereocenters. The molecule has 0 bridgehead atoms. The van der Waals surface area contributed by atoms with E-state index in [9.17, 15) is 0 Å². The van der Waals surface area contributed by atoms with E-state index in [-0.39, 0.29) is 0 Å². The van der Waals surface area contributed by atoms with Gasteiger partial charge in [-0.15, -0.1) is 0 Å². The summed E-state index contributed by atoms with van der Waals surface area (Å²) in [5, 5.41) is 10.6. The summed E-state index contributed by atoms with van der Waals surface area (Å²) in [6.07, 6.45) is 5.95. The molecule has 0 spiro atoms. The predicted octanol–water partition coefficient (Wildman–Crippen LogP) is 11.6. The molecule has 222 valence electrons. The summed E-state index contributed by atoms with van der Waals surface area (Å²) in [5.74, 6) is 0.845. The summed E-state index contributed by atoms with van der Waals surface area (Å²) in [6.45, 7) is 0.753. The molecule has 9 aromatic rings. The molecule has 0 aliphatic carbocycles. The van der Waals surface area contributed by atoms with Crippen molar-refractivity contribution >= 4 is 83.4 Å². The van der Waals surface area contributed by atoms with Crippen molar-refractivity contribution in [3.8, 4) is 11.1 Å². The number of hydrogen-bond donors (Lipinski definition) is 1. The molecule has 3 aromatic heterocycles. The van der Waals surface area contributed by atoms with E-state index in [1.54, 1.807) is 0 Å². The third-order valence-electron chi connectivity index (χ3n) is 9.30. The first-order valence-corrected chi connectivity index (χ1v) is 15.8. The first-order chi connectivity index (χ1) is 23.3. The lowest BCUT2D eigenvalue weighted by atomic mass is 9.93. The Kier molecular flexibility index (Phi) is 5.57. The average Bonchev–Trinajstić information content (AvgIpc) is 3.70. The summed E-state index contributed by atoms with van der Waals surface area (Å²) in [7, 11) is 0. The Morgan fingerprint density at radius 3 is 2.34 bits per heavy atom. The molecule has 0 saturated carbocycles. The van der Waals surface area contributed by atoms with E-state index in [0.717, 1.165) is 68.1 Å². The molecule has 1 aliphatic rings. The van der Waals surface area contributed by atoms with Crippen LogP contribution >= 0.6 is 0 Å². The van der Waals surface area contributed by atoms with Crippen molar-refractivity contribution in [2.45, 2.75) is 0 Å². The number of fused-ring (bicyclic) bond motifs is 9. The molecule has 0 fully saturated rings. The Balaban J connectivity index is 1.19. The van der Waals surface area contributed by atoms with Crippen molar-refractivity contribution in [1.82, 2.24) is 4.98 Å². The number of nitrogens with zero attached hydrogens (tertiary/aromatic N) is 2. The maximum atomic E-state index is 6.32. The van der Waals surface area contributed by atoms with E-state index >= 15 is 0 Å². The minimum atomic E-state index is 0.753. The topological polar surface area (TPSA) is 54.4 Å². The zero-order valence-electron chi connectivity index (χ0n) is 25.3. The van der Waals surface area contributed by atoms with E-state index in [1.165, 1.54) is 32.7 Å². The highest BCUT2D eigenvalue weighted by Gasteiger charge is 2.23. The fraction of sp³-hybridized carbons (Fsp3) is 0.0238. The number of furan rings is 2. The largest absolute Gasteiger partial charge is 0.454 e. The molecular formula is C42H27N3O2. The molecule has 5 nitrogen and oxygen atoms in total. The highest BCUT2D eigenvalue weighted by molar-refractivity contribution is 6.14. The van der Waals surface area contributed by atoms with Crippen LogP contribution in [0.15, 0.2) is 149 Å². The van der Waals surface area contributed by atoms with Crippen LogP contribution in [0, 0.1) is 0 Å². The third kappa shape index (κ3) is 4.00. The normalized spacial score (nSPS) is 12.7. The molecule has 1 N–H and O–H groups in total. The number of anilines is 4. The van der Waals surface area contributed by atoms with E-state index in [1.807, 2.05) is 30.5 Å². The standard InChI is InChI=1S/C42H27N3O2/c1-2-9-30-27(8-1)24-33(32-11-4-3-10-31(30)32)26-16-18-28(19-17-26)45(29-20-21-36-34(25-29)41-38(46-36)14-6-22-43-41)35-12-5-13-37-40(35)42-39(47-37)15-7-23-44-42/h1-22,24-25,44H,23H2. The quantitative estimate of drug-likeness (QED) is 0.202. The minimum Gasteiger partial charge on any atom is -0.454 e. The van der Waals surface area contributed by atoms with Crippen LogP contribution in [0.25, 0.3) is 71.8 Å². The van der Waals surface area contributed by atoms with Gasteiger partial charge in [0.15, 0.2) is 11.3 Å². The maximum Gasteiger partial charge on any atom is 0.153 e. The number of pyridine rings is 1. The van der Waals surface area contributed by atoms with Crippen LogP contribution in [0.1, 0.15) is 5.76 Å². The van der Waals surface area contributed by atoms with E-state index in [4.69, 9.17) is 8.83 Å². The van der Waals surface area contributed by atoms with Crippen molar-refractivity contribution in [1.29, 1.82) is 0 Å². The van der Waals surface area contributed by atoms with Crippen LogP contribution in [0.2, 0.25) is 0 Å². The molecule has 0 atom stereocenters. The van der Waals surface area contributed by atoms with Gasteiger partial charge < -0.3 is 19.1 Å². The molecule has 0 radical (unpaired) electrons. The van der Waals surface area contributed by atoms with Crippen molar-refractivity contribution in [3.05, 3.63) is 145 Å². The lowest BCUT2D eigenvalue weighted by molar-refractivity contribution is 0.604. The zero-order valence-corrected chi connectivity index (χ0v) is 25.3. The van der Waals surface area contributed by atoms with Crippen LogP contribution in [0.5, 0.6) is 0 Å². The summed E-state index contributed by atoms with van der Waals surface area (Å²) in [5.41, 5.74) is 9.75. The fourth-order valence-electron chi connectivity index (χ4n) is 7.19. The van der Waals surface area contributed by atoms with Gasteiger partial charge in [0.1, 0.15) is 16.7 Å². The van der Waals surface area contributed by atoms with Crippen LogP contribution in [0.3, 0.4) is 0 Å². The van der Waals surface area contributed by atoms with Gasteiger partial charge in [0.2, 0.25) is 0 Å². The maximum absolute atomic E-state index is 6.32. The smallest absolute Gasteiger partial charge is 0.153 e. The van der Waals surface area contributed by atoms with Gasteiger partial charge in [-0.25, -0.2) is 0 Å². The van der Waals surface area contributed by atoms with Crippen LogP contribution < -0.4 is 10.2 Å². The lowest BCUT2D eigenvalue weighted by Gasteiger charge is -2.27. The van der Waals surface area contributed by atoms with Gasteiger partial charge in [0.05, 0.1) is 16.8 Å². The molecule has 5 heteroatoms. The van der Waals surface area contributed by atoms with Gasteiger partial charge in [-0.1, -0.05) is 72.8 Å². The second-order valence-corrected chi connectivity index (χ2v) is 12.0. The Morgan fingerprint density at radius 2 is 1.43 bits per heavy atom. The monoisotopic (exact) mass is 605 g/mol. The van der Waals surface area contributed by atoms with Crippen LogP contribution in [0.4, 0.5) is 22.7 Å². The summed E-state index contributed by atoms with van der Waals surface area (Å²) < 4.78 is 12.5. The predicted molar refractivity (Wildman–Crippen MR) is 194 cm³/mol. The van der Waals surface area contributed by atoms with E-state index in [2.05, 4.69) is 130 Å². The van der Waals surface area contributed by atoms with Crippen LogP contribution in [-0.4, -0.2) is 11.5 Å². The molecular weight excluding hydrogens is 578 g/mol. The molecule has 10 rings (SSSR count). The highest BCUT2D eigenvalue weighted by atomic mass is 16.3. The first-order valence-electron chi connectivity index (χ1n) is 15.8. The van der Waals surface area contributed by atoms with E-state index in [0.29, 0.717) is 0 Å². The van der Waals surface area contributed by atoms with Crippen molar-refractivity contribution in [2.24, 2.45) is 0 Å². The minimum absolute atomic E-state index is 0.753. The molecule has 1 aliphatic heterocycles. The number of nitrogens with one attached hydrogen (secondary N) is 1. The number of benzene rings is 6. The third-order valence-corrected chi connectivity index (χ3v) is 9.30. The molecule has 47 heavy (non-hydrogen) atoms. The van der Waals surface area contributed by atoms with Gasteiger partial charge in [-0.3, -0.25) is 4.98 Å². The molecule has 4 heterocycles. The lowest BCUT2D eigenvalue weighted by Crippen LogP contribution is -2.11.